The van der Waals surface area contributed by atoms with Crippen LogP contribution >= 0.6 is 23.5 Å². The summed E-state index contributed by atoms with van der Waals surface area (Å²) in [5.74, 6) is 2.45. The van der Waals surface area contributed by atoms with E-state index in [4.69, 9.17) is 21.1 Å². The molecule has 236 valence electrons. The number of carbonyl (C=O) groups is 1. The van der Waals surface area contributed by atoms with Crippen LogP contribution in [-0.4, -0.2) is 74.0 Å². The van der Waals surface area contributed by atoms with E-state index < -0.39 is 0 Å². The second kappa shape index (κ2) is 17.2. The van der Waals surface area contributed by atoms with Crippen molar-refractivity contribution >= 4 is 29.8 Å². The zero-order valence-corrected chi connectivity index (χ0v) is 27.4. The van der Waals surface area contributed by atoms with Gasteiger partial charge in [0, 0.05) is 49.1 Å². The van der Waals surface area contributed by atoms with E-state index in [0.29, 0.717) is 12.3 Å². The molecule has 8 heteroatoms. The van der Waals surface area contributed by atoms with E-state index in [1.54, 1.807) is 11.9 Å². The summed E-state index contributed by atoms with van der Waals surface area (Å²) in [6.07, 6.45) is 9.23. The molecule has 2 saturated heterocycles. The highest BCUT2D eigenvalue weighted by Gasteiger charge is 2.30. The van der Waals surface area contributed by atoms with Crippen LogP contribution in [0.4, 0.5) is 0 Å². The molecule has 1 aliphatic carbocycles. The smallest absolute Gasteiger partial charge is 0.138 e. The fraction of sp³-hybridized carbons (Fsp3) is 0.472. The van der Waals surface area contributed by atoms with E-state index in [1.165, 1.54) is 45.2 Å². The summed E-state index contributed by atoms with van der Waals surface area (Å²) in [5, 5.41) is 4.00. The third-order valence-corrected chi connectivity index (χ3v) is 10.1. The number of ether oxygens (including phenoxy) is 2. The van der Waals surface area contributed by atoms with Crippen LogP contribution in [0.25, 0.3) is 11.1 Å². The molecular formula is C36H46ClN3O3S. The van der Waals surface area contributed by atoms with Crippen molar-refractivity contribution in [2.24, 2.45) is 5.92 Å². The molecular weight excluding hydrogens is 590 g/mol. The highest BCUT2D eigenvalue weighted by Crippen LogP contribution is 2.33. The van der Waals surface area contributed by atoms with Crippen molar-refractivity contribution in [2.75, 3.05) is 46.4 Å². The van der Waals surface area contributed by atoms with Gasteiger partial charge in [-0.3, -0.25) is 0 Å². The first kappa shape index (κ1) is 32.8. The van der Waals surface area contributed by atoms with Gasteiger partial charge in [0.1, 0.15) is 23.9 Å². The molecule has 0 bridgehead atoms. The first-order valence-electron chi connectivity index (χ1n) is 16.1. The number of piperazine rings is 1. The van der Waals surface area contributed by atoms with E-state index >= 15 is 0 Å². The Labute approximate surface area is 272 Å². The largest absolute Gasteiger partial charge is 0.493 e. The second-order valence-corrected chi connectivity index (χ2v) is 13.6. The van der Waals surface area contributed by atoms with Gasteiger partial charge >= 0.3 is 0 Å². The fourth-order valence-corrected chi connectivity index (χ4v) is 7.05. The number of nitrogens with one attached hydrogen (secondary N) is 1. The maximum atomic E-state index is 11.9. The quantitative estimate of drug-likeness (QED) is 0.192. The fourth-order valence-electron chi connectivity index (χ4n) is 5.92. The maximum Gasteiger partial charge on any atom is 0.138 e. The molecule has 1 N–H and O–H groups in total. The number of hydrogen-bond donors (Lipinski definition) is 1. The predicted octanol–water partition coefficient (Wildman–Crippen LogP) is 7.61. The van der Waals surface area contributed by atoms with Gasteiger partial charge in [-0.1, -0.05) is 55.1 Å². The average Bonchev–Trinajstić information content (AvgIpc) is 3.07. The Kier molecular flexibility index (Phi) is 12.9. The Hall–Kier alpha value is -2.55. The van der Waals surface area contributed by atoms with Gasteiger partial charge in [0.25, 0.3) is 0 Å². The minimum Gasteiger partial charge on any atom is -0.493 e. The van der Waals surface area contributed by atoms with Crippen molar-refractivity contribution in [3.05, 3.63) is 77.8 Å². The van der Waals surface area contributed by atoms with Gasteiger partial charge in [0.05, 0.1) is 12.6 Å². The number of hydrogen-bond acceptors (Lipinski definition) is 7. The van der Waals surface area contributed by atoms with E-state index in [2.05, 4.69) is 45.8 Å². The molecule has 0 radical (unpaired) electrons. The van der Waals surface area contributed by atoms with Gasteiger partial charge in [0.15, 0.2) is 0 Å². The molecule has 6 nitrogen and oxygen atoms in total. The minimum absolute atomic E-state index is 0.0176. The molecule has 44 heavy (non-hydrogen) atoms. The van der Waals surface area contributed by atoms with Crippen molar-refractivity contribution < 1.29 is 14.3 Å². The number of benzene rings is 3. The monoisotopic (exact) mass is 635 g/mol. The molecule has 3 fully saturated rings. The molecule has 2 heterocycles. The summed E-state index contributed by atoms with van der Waals surface area (Å²) in [7, 11) is 2.15. The van der Waals surface area contributed by atoms with Crippen LogP contribution in [0, 0.1) is 5.92 Å². The number of piperidine rings is 1. The number of nitrogens with zero attached hydrogens (tertiary/aromatic N) is 2. The topological polar surface area (TPSA) is 54.0 Å². The van der Waals surface area contributed by atoms with E-state index in [9.17, 15) is 4.79 Å². The molecule has 2 aliphatic heterocycles. The van der Waals surface area contributed by atoms with Crippen LogP contribution in [0.5, 0.6) is 11.5 Å². The van der Waals surface area contributed by atoms with Crippen LogP contribution < -0.4 is 14.8 Å². The van der Waals surface area contributed by atoms with Crippen molar-refractivity contribution in [1.29, 1.82) is 0 Å². The highest BCUT2D eigenvalue weighted by atomic mass is 35.5. The van der Waals surface area contributed by atoms with E-state index in [0.717, 1.165) is 71.5 Å². The number of aldehydes is 1. The summed E-state index contributed by atoms with van der Waals surface area (Å²) in [4.78, 5) is 15.4. The zero-order valence-electron chi connectivity index (χ0n) is 25.8. The molecule has 0 amide bonds. The SMILES string of the molecule is CN1CCNCC1.O=CC1CC(Oc2ccc(-c3ccc(Cl)cc3)cc2)CCN1Sc1ccc(OCC2CCCCC2)cc1. The average molecular weight is 636 g/mol. The molecule has 6 rings (SSSR count). The van der Waals surface area contributed by atoms with Gasteiger partial charge in [-0.25, -0.2) is 4.31 Å². The number of carbonyl (C=O) groups excluding carboxylic acids is 1. The Morgan fingerprint density at radius 1 is 0.841 bits per heavy atom. The Morgan fingerprint density at radius 2 is 1.48 bits per heavy atom. The molecule has 1 saturated carbocycles. The Morgan fingerprint density at radius 3 is 2.09 bits per heavy atom. The summed E-state index contributed by atoms with van der Waals surface area (Å²) < 4.78 is 14.5. The lowest BCUT2D eigenvalue weighted by molar-refractivity contribution is -0.112. The van der Waals surface area contributed by atoms with Crippen molar-refractivity contribution in [2.45, 2.75) is 62.0 Å². The third-order valence-electron chi connectivity index (χ3n) is 8.63. The van der Waals surface area contributed by atoms with Crippen LogP contribution in [0.1, 0.15) is 44.9 Å². The van der Waals surface area contributed by atoms with Crippen LogP contribution in [0.15, 0.2) is 77.7 Å². The van der Waals surface area contributed by atoms with E-state index in [1.807, 2.05) is 48.5 Å². The third kappa shape index (κ3) is 10.2. The molecule has 2 atom stereocenters. The Bertz CT molecular complexity index is 1260. The van der Waals surface area contributed by atoms with Crippen LogP contribution in [0.3, 0.4) is 0 Å². The highest BCUT2D eigenvalue weighted by molar-refractivity contribution is 7.97. The normalized spacial score (nSPS) is 21.6. The molecule has 2 unspecified atom stereocenters. The summed E-state index contributed by atoms with van der Waals surface area (Å²) >= 11 is 7.64. The molecule has 3 aliphatic rings. The van der Waals surface area contributed by atoms with Crippen molar-refractivity contribution in [1.82, 2.24) is 14.5 Å². The van der Waals surface area contributed by atoms with Gasteiger partial charge in [-0.2, -0.15) is 0 Å². The number of halogens is 1. The summed E-state index contributed by atoms with van der Waals surface area (Å²) in [6.45, 7) is 6.35. The lowest BCUT2D eigenvalue weighted by atomic mass is 9.90. The predicted molar refractivity (Wildman–Crippen MR) is 182 cm³/mol. The maximum absolute atomic E-state index is 11.9. The zero-order chi connectivity index (χ0) is 30.6. The van der Waals surface area contributed by atoms with Crippen LogP contribution in [-0.2, 0) is 4.79 Å². The molecule has 0 spiro atoms. The van der Waals surface area contributed by atoms with Gasteiger partial charge < -0.3 is 24.5 Å². The summed E-state index contributed by atoms with van der Waals surface area (Å²) in [6, 6.07) is 24.0. The lowest BCUT2D eigenvalue weighted by Crippen LogP contribution is -2.43. The van der Waals surface area contributed by atoms with E-state index in [-0.39, 0.29) is 12.1 Å². The molecule has 0 aromatic heterocycles. The van der Waals surface area contributed by atoms with Crippen molar-refractivity contribution in [3.63, 3.8) is 0 Å². The number of likely N-dealkylation sites (N-methyl/N-ethyl adjacent to an activating group) is 1. The second-order valence-electron chi connectivity index (χ2n) is 12.1. The number of rotatable bonds is 9. The standard InChI is InChI=1S/C31H34ClNO3S.C5H12N2/c32-26-10-6-24(7-11-26)25-8-12-29(13-9-25)36-30-18-19-33(27(20-30)21-34)37-31-16-14-28(15-17-31)35-22-23-4-2-1-3-5-23;1-7-4-2-6-3-5-7/h6-17,21,23,27,30H,1-5,18-20,22H2;6H,2-5H2,1H3. The molecule has 3 aromatic carbocycles. The van der Waals surface area contributed by atoms with Gasteiger partial charge in [-0.15, -0.1) is 0 Å². The van der Waals surface area contributed by atoms with Crippen molar-refractivity contribution in [3.8, 4) is 22.6 Å². The molecule has 3 aromatic rings. The summed E-state index contributed by atoms with van der Waals surface area (Å²) in [5.41, 5.74) is 2.23. The first-order chi connectivity index (χ1) is 21.6. The van der Waals surface area contributed by atoms with Gasteiger partial charge in [0.2, 0.25) is 0 Å². The van der Waals surface area contributed by atoms with Crippen LogP contribution in [0.2, 0.25) is 5.02 Å². The Balaban J connectivity index is 0.000000484. The van der Waals surface area contributed by atoms with Gasteiger partial charge in [-0.05, 0) is 104 Å². The minimum atomic E-state index is -0.181. The lowest BCUT2D eigenvalue weighted by Gasteiger charge is -2.35. The first-order valence-corrected chi connectivity index (χ1v) is 17.3.